The lowest BCUT2D eigenvalue weighted by atomic mass is 9.57. The van der Waals surface area contributed by atoms with Crippen molar-refractivity contribution in [1.82, 2.24) is 0 Å². The van der Waals surface area contributed by atoms with E-state index in [4.69, 9.17) is 19.4 Å². The minimum absolute atomic E-state index is 0.0716. The maximum absolute atomic E-state index is 14.9. The standard InChI is InChI=1S/C40H47N3O5/c1-46-35-19-15-26(24-37(35)47-2)9-6-7-10-27-21-30-16-18-32(39(44)36-13-8-20-48-36)31-17-14-28(25-42-43-41)23-34(31)40(45)38(30)33(22-27)29-11-4-3-5-12-29/h7-8,10,13-15,17,19-20,23-24,27,29-30,32-33,38H,3-6,9,11-12,16,18,21-22,25H2,1-2H3/b10-7+. The molecule has 0 aliphatic heterocycles. The van der Waals surface area contributed by atoms with Gasteiger partial charge in [0.25, 0.3) is 0 Å². The molecule has 3 aliphatic carbocycles. The van der Waals surface area contributed by atoms with Crippen LogP contribution in [0.1, 0.15) is 108 Å². The number of azide groups is 1. The summed E-state index contributed by atoms with van der Waals surface area (Å²) in [5, 5.41) is 3.77. The summed E-state index contributed by atoms with van der Waals surface area (Å²) in [4.78, 5) is 31.7. The summed E-state index contributed by atoms with van der Waals surface area (Å²) in [6.07, 6.45) is 17.6. The molecule has 1 aromatic heterocycles. The molecule has 3 aromatic rings. The average Bonchev–Trinajstić information content (AvgIpc) is 3.67. The molecule has 2 aromatic carbocycles. The highest BCUT2D eigenvalue weighted by molar-refractivity contribution is 6.04. The van der Waals surface area contributed by atoms with Crippen molar-refractivity contribution in [2.45, 2.75) is 83.1 Å². The van der Waals surface area contributed by atoms with Gasteiger partial charge in [0, 0.05) is 16.4 Å². The van der Waals surface area contributed by atoms with Crippen LogP contribution in [0, 0.1) is 29.6 Å². The number of aryl methyl sites for hydroxylation is 1. The Labute approximate surface area is 283 Å². The fraction of sp³-hybridized carbons (Fsp3) is 0.500. The third-order valence-electron chi connectivity index (χ3n) is 11.1. The molecule has 0 amide bonds. The molecule has 0 radical (unpaired) electrons. The second kappa shape index (κ2) is 15.7. The number of hydrogen-bond acceptors (Lipinski definition) is 6. The van der Waals surface area contributed by atoms with E-state index >= 15 is 0 Å². The zero-order valence-corrected chi connectivity index (χ0v) is 28.2. The Hall–Kier alpha value is -4.29. The molecule has 0 spiro atoms. The molecule has 252 valence electrons. The first-order valence-corrected chi connectivity index (χ1v) is 17.6. The number of hydrogen-bond donors (Lipinski definition) is 0. The monoisotopic (exact) mass is 649 g/mol. The summed E-state index contributed by atoms with van der Waals surface area (Å²) >= 11 is 0. The quantitative estimate of drug-likeness (QED) is 0.0674. The molecule has 5 unspecified atom stereocenters. The molecule has 8 heteroatoms. The molecule has 5 atom stereocenters. The summed E-state index contributed by atoms with van der Waals surface area (Å²) in [5.74, 6) is 2.79. The van der Waals surface area contributed by atoms with E-state index < -0.39 is 5.92 Å². The number of benzene rings is 2. The van der Waals surface area contributed by atoms with Crippen molar-refractivity contribution in [2.24, 2.45) is 34.7 Å². The highest BCUT2D eigenvalue weighted by atomic mass is 16.5. The van der Waals surface area contributed by atoms with E-state index in [1.807, 2.05) is 30.3 Å². The first-order valence-electron chi connectivity index (χ1n) is 17.6. The minimum atomic E-state index is -0.463. The lowest BCUT2D eigenvalue weighted by Gasteiger charge is -2.46. The van der Waals surface area contributed by atoms with Crippen LogP contribution < -0.4 is 9.47 Å². The van der Waals surface area contributed by atoms with Crippen LogP contribution in [0.15, 0.2) is 76.5 Å². The van der Waals surface area contributed by atoms with E-state index in [0.717, 1.165) is 54.7 Å². The molecule has 0 saturated heterocycles. The van der Waals surface area contributed by atoms with Crippen molar-refractivity contribution in [3.8, 4) is 11.5 Å². The third kappa shape index (κ3) is 7.39. The number of carbonyl (C=O) groups is 2. The first-order chi connectivity index (χ1) is 23.5. The van der Waals surface area contributed by atoms with Crippen LogP contribution in [-0.4, -0.2) is 25.8 Å². The van der Waals surface area contributed by atoms with Gasteiger partial charge in [0.1, 0.15) is 0 Å². The van der Waals surface area contributed by atoms with E-state index in [1.165, 1.54) is 43.9 Å². The van der Waals surface area contributed by atoms with E-state index in [0.29, 0.717) is 35.5 Å². The van der Waals surface area contributed by atoms with Gasteiger partial charge in [0.05, 0.1) is 32.9 Å². The van der Waals surface area contributed by atoms with Crippen molar-refractivity contribution < 1.29 is 23.5 Å². The molecule has 48 heavy (non-hydrogen) atoms. The topological polar surface area (TPSA) is 115 Å². The van der Waals surface area contributed by atoms with Crippen LogP contribution in [0.4, 0.5) is 0 Å². The molecule has 8 nitrogen and oxygen atoms in total. The van der Waals surface area contributed by atoms with E-state index in [2.05, 4.69) is 28.2 Å². The minimum Gasteiger partial charge on any atom is -0.493 e. The number of rotatable bonds is 11. The van der Waals surface area contributed by atoms with Crippen molar-refractivity contribution >= 4 is 11.6 Å². The van der Waals surface area contributed by atoms with Gasteiger partial charge in [0.2, 0.25) is 5.78 Å². The van der Waals surface area contributed by atoms with Crippen molar-refractivity contribution in [3.63, 3.8) is 0 Å². The van der Waals surface area contributed by atoms with E-state index in [-0.39, 0.29) is 29.9 Å². The zero-order chi connectivity index (χ0) is 33.5. The molecule has 0 N–H and O–H groups in total. The van der Waals surface area contributed by atoms with E-state index in [9.17, 15) is 9.59 Å². The predicted octanol–water partition coefficient (Wildman–Crippen LogP) is 10.1. The van der Waals surface area contributed by atoms with Gasteiger partial charge < -0.3 is 13.9 Å². The van der Waals surface area contributed by atoms with Gasteiger partial charge in [-0.25, -0.2) is 0 Å². The fourth-order valence-electron chi connectivity index (χ4n) is 8.87. The summed E-state index contributed by atoms with van der Waals surface area (Å²) in [7, 11) is 3.31. The molecule has 0 bridgehead atoms. The molecule has 6 rings (SSSR count). The number of nitrogens with zero attached hydrogens (tertiary/aromatic N) is 3. The maximum Gasteiger partial charge on any atom is 0.205 e. The summed E-state index contributed by atoms with van der Waals surface area (Å²) in [6.45, 7) is 0.171. The zero-order valence-electron chi connectivity index (χ0n) is 28.2. The molecule has 1 heterocycles. The Kier molecular flexibility index (Phi) is 11.0. The molecule has 2 fully saturated rings. The van der Waals surface area contributed by atoms with Crippen LogP contribution >= 0.6 is 0 Å². The van der Waals surface area contributed by atoms with Gasteiger partial charge in [-0.2, -0.15) is 0 Å². The summed E-state index contributed by atoms with van der Waals surface area (Å²) < 4.78 is 16.5. The van der Waals surface area contributed by atoms with Gasteiger partial charge in [-0.1, -0.05) is 67.6 Å². The number of fused-ring (bicyclic) bond motifs is 2. The summed E-state index contributed by atoms with van der Waals surface area (Å²) in [5.41, 5.74) is 12.4. The van der Waals surface area contributed by atoms with Gasteiger partial charge in [0.15, 0.2) is 23.0 Å². The van der Waals surface area contributed by atoms with Gasteiger partial charge in [-0.15, -0.1) is 0 Å². The molecular weight excluding hydrogens is 602 g/mol. The van der Waals surface area contributed by atoms with Crippen molar-refractivity contribution in [3.05, 3.63) is 105 Å². The molecular formula is C40H47N3O5. The average molecular weight is 650 g/mol. The number of Topliss-reactive ketones (excluding diaryl/α,β-unsaturated/α-hetero) is 2. The number of furan rings is 1. The Morgan fingerprint density at radius 2 is 1.77 bits per heavy atom. The maximum atomic E-state index is 14.9. The van der Waals surface area contributed by atoms with Crippen molar-refractivity contribution in [1.29, 1.82) is 0 Å². The SMILES string of the molecule is COc1ccc(CC/C=C/C2CC3CCC(C(=O)c4ccco4)c4ccc(CN=[N+]=[N-])cc4C(=O)C3C(C3CCCCC3)C2)cc1OC. The van der Waals surface area contributed by atoms with Gasteiger partial charge in [-0.05, 0) is 115 Å². The second-order valence-corrected chi connectivity index (χ2v) is 13.9. The number of ketones is 2. The Balaban J connectivity index is 1.29. The van der Waals surface area contributed by atoms with Crippen molar-refractivity contribution in [2.75, 3.05) is 14.2 Å². The molecule has 2 saturated carbocycles. The van der Waals surface area contributed by atoms with Gasteiger partial charge in [-0.3, -0.25) is 9.59 Å². The Bertz CT molecular complexity index is 1650. The number of ether oxygens (including phenoxy) is 2. The lowest BCUT2D eigenvalue weighted by Crippen LogP contribution is -2.43. The smallest absolute Gasteiger partial charge is 0.205 e. The van der Waals surface area contributed by atoms with Crippen LogP contribution in [0.2, 0.25) is 0 Å². The van der Waals surface area contributed by atoms with Crippen LogP contribution in [0.3, 0.4) is 0 Å². The van der Waals surface area contributed by atoms with Gasteiger partial charge >= 0.3 is 0 Å². The number of methoxy groups -OCH3 is 2. The van der Waals surface area contributed by atoms with Crippen LogP contribution in [-0.2, 0) is 13.0 Å². The molecule has 3 aliphatic rings. The fourth-order valence-corrected chi connectivity index (χ4v) is 8.87. The highest BCUT2D eigenvalue weighted by Gasteiger charge is 2.47. The summed E-state index contributed by atoms with van der Waals surface area (Å²) in [6, 6.07) is 15.3. The predicted molar refractivity (Wildman–Crippen MR) is 185 cm³/mol. The lowest BCUT2D eigenvalue weighted by molar-refractivity contribution is 0.0406. The largest absolute Gasteiger partial charge is 0.493 e. The Morgan fingerprint density at radius 3 is 2.52 bits per heavy atom. The van der Waals surface area contributed by atoms with E-state index in [1.54, 1.807) is 26.4 Å². The van der Waals surface area contributed by atoms with Crippen LogP contribution in [0.5, 0.6) is 11.5 Å². The first kappa shape index (κ1) is 33.6. The normalized spacial score (nSPS) is 24.5. The Morgan fingerprint density at radius 1 is 0.958 bits per heavy atom. The number of carbonyl (C=O) groups excluding carboxylic acids is 2. The van der Waals surface area contributed by atoms with Crippen LogP contribution in [0.25, 0.3) is 10.4 Å². The third-order valence-corrected chi connectivity index (χ3v) is 11.1. The highest BCUT2D eigenvalue weighted by Crippen LogP contribution is 2.51. The second-order valence-electron chi connectivity index (χ2n) is 13.9. The number of allylic oxidation sites excluding steroid dienone is 2.